The van der Waals surface area contributed by atoms with Crippen LogP contribution in [0.3, 0.4) is 0 Å². The first-order valence-electron chi connectivity index (χ1n) is 6.62. The smallest absolute Gasteiger partial charge is 0.126 e. The van der Waals surface area contributed by atoms with Crippen molar-refractivity contribution in [2.24, 2.45) is 5.73 Å². The van der Waals surface area contributed by atoms with Crippen molar-refractivity contribution in [2.45, 2.75) is 51.4 Å². The molecule has 1 aromatic carbocycles. The van der Waals surface area contributed by atoms with Gasteiger partial charge in [-0.1, -0.05) is 25.8 Å². The van der Waals surface area contributed by atoms with Gasteiger partial charge in [-0.05, 0) is 48.9 Å². The predicted octanol–water partition coefficient (Wildman–Crippen LogP) is 3.47. The number of hydrogen-bond acceptors (Lipinski definition) is 1. The van der Waals surface area contributed by atoms with Crippen LogP contribution in [-0.4, -0.2) is 6.54 Å². The number of nitrogens with two attached hydrogens (primary N) is 1. The lowest BCUT2D eigenvalue weighted by molar-refractivity contribution is 0.448. The Morgan fingerprint density at radius 3 is 2.47 bits per heavy atom. The quantitative estimate of drug-likeness (QED) is 0.853. The van der Waals surface area contributed by atoms with Crippen LogP contribution >= 0.6 is 0 Å². The van der Waals surface area contributed by atoms with Gasteiger partial charge in [0, 0.05) is 12.0 Å². The minimum Gasteiger partial charge on any atom is -0.330 e. The summed E-state index contributed by atoms with van der Waals surface area (Å²) in [5.74, 6) is -0.0704. The molecular formula is C15H22FN. The van der Waals surface area contributed by atoms with Crippen LogP contribution in [0, 0.1) is 12.7 Å². The lowest BCUT2D eigenvalue weighted by Gasteiger charge is -2.30. The monoisotopic (exact) mass is 235 g/mol. The second kappa shape index (κ2) is 4.77. The first-order valence-corrected chi connectivity index (χ1v) is 6.62. The van der Waals surface area contributed by atoms with Gasteiger partial charge in [0.05, 0.1) is 0 Å². The first kappa shape index (κ1) is 12.6. The van der Waals surface area contributed by atoms with Gasteiger partial charge in [-0.25, -0.2) is 4.39 Å². The van der Waals surface area contributed by atoms with E-state index >= 15 is 0 Å². The van der Waals surface area contributed by atoms with Crippen LogP contribution in [0.5, 0.6) is 0 Å². The molecule has 1 aromatic rings. The highest BCUT2D eigenvalue weighted by molar-refractivity contribution is 5.39. The van der Waals surface area contributed by atoms with Gasteiger partial charge in [0.2, 0.25) is 0 Å². The van der Waals surface area contributed by atoms with Crippen molar-refractivity contribution in [3.8, 4) is 0 Å². The predicted molar refractivity (Wildman–Crippen MR) is 69.7 cm³/mol. The summed E-state index contributed by atoms with van der Waals surface area (Å²) in [4.78, 5) is 0. The number of hydrogen-bond donors (Lipinski definition) is 1. The van der Waals surface area contributed by atoms with E-state index in [-0.39, 0.29) is 11.2 Å². The standard InChI is InChI=1S/C15H22FN/c1-3-12-9-13(11(2)8-14(12)16)15(10-17)6-4-5-7-15/h8-9H,3-7,10,17H2,1-2H3. The fraction of sp³-hybridized carbons (Fsp3) is 0.600. The van der Waals surface area contributed by atoms with E-state index in [1.165, 1.54) is 18.4 Å². The molecule has 1 nitrogen and oxygen atoms in total. The van der Waals surface area contributed by atoms with Crippen LogP contribution in [0.25, 0.3) is 0 Å². The van der Waals surface area contributed by atoms with Crippen molar-refractivity contribution in [3.05, 3.63) is 34.6 Å². The van der Waals surface area contributed by atoms with Gasteiger partial charge in [0.15, 0.2) is 0 Å². The largest absolute Gasteiger partial charge is 0.330 e. The molecule has 0 heterocycles. The van der Waals surface area contributed by atoms with Crippen molar-refractivity contribution < 1.29 is 4.39 Å². The van der Waals surface area contributed by atoms with E-state index in [1.54, 1.807) is 6.07 Å². The van der Waals surface area contributed by atoms with Gasteiger partial charge in [-0.15, -0.1) is 0 Å². The zero-order valence-corrected chi connectivity index (χ0v) is 10.9. The van der Waals surface area contributed by atoms with E-state index in [2.05, 4.69) is 6.07 Å². The fourth-order valence-electron chi connectivity index (χ4n) is 3.20. The molecule has 94 valence electrons. The van der Waals surface area contributed by atoms with Crippen molar-refractivity contribution in [1.82, 2.24) is 0 Å². The molecule has 0 atom stereocenters. The van der Waals surface area contributed by atoms with Crippen molar-refractivity contribution >= 4 is 0 Å². The van der Waals surface area contributed by atoms with E-state index in [1.807, 2.05) is 13.8 Å². The van der Waals surface area contributed by atoms with Crippen LogP contribution < -0.4 is 5.73 Å². The molecule has 17 heavy (non-hydrogen) atoms. The summed E-state index contributed by atoms with van der Waals surface area (Å²) in [7, 11) is 0. The second-order valence-corrected chi connectivity index (χ2v) is 5.30. The summed E-state index contributed by atoms with van der Waals surface area (Å²) in [6.07, 6.45) is 5.54. The maximum Gasteiger partial charge on any atom is 0.126 e. The third-order valence-electron chi connectivity index (χ3n) is 4.30. The van der Waals surface area contributed by atoms with Crippen molar-refractivity contribution in [3.63, 3.8) is 0 Å². The number of rotatable bonds is 3. The third kappa shape index (κ3) is 2.11. The Morgan fingerprint density at radius 2 is 1.94 bits per heavy atom. The molecule has 2 N–H and O–H groups in total. The fourth-order valence-corrected chi connectivity index (χ4v) is 3.20. The van der Waals surface area contributed by atoms with Gasteiger partial charge in [-0.2, -0.15) is 0 Å². The highest BCUT2D eigenvalue weighted by Crippen LogP contribution is 2.42. The Hall–Kier alpha value is -0.890. The summed E-state index contributed by atoms with van der Waals surface area (Å²) in [6.45, 7) is 4.69. The number of halogens is 1. The second-order valence-electron chi connectivity index (χ2n) is 5.30. The van der Waals surface area contributed by atoms with Crippen LogP contribution in [0.4, 0.5) is 4.39 Å². The Bertz CT molecular complexity index is 406. The van der Waals surface area contributed by atoms with Crippen molar-refractivity contribution in [2.75, 3.05) is 6.54 Å². The molecular weight excluding hydrogens is 213 g/mol. The van der Waals surface area contributed by atoms with Crippen LogP contribution in [0.15, 0.2) is 12.1 Å². The van der Waals surface area contributed by atoms with E-state index in [4.69, 9.17) is 5.73 Å². The summed E-state index contributed by atoms with van der Waals surface area (Å²) >= 11 is 0. The molecule has 1 fully saturated rings. The normalized spacial score (nSPS) is 18.6. The van der Waals surface area contributed by atoms with Gasteiger partial charge >= 0.3 is 0 Å². The summed E-state index contributed by atoms with van der Waals surface area (Å²) in [5, 5.41) is 0. The molecule has 0 unspecified atom stereocenters. The Morgan fingerprint density at radius 1 is 1.29 bits per heavy atom. The van der Waals surface area contributed by atoms with Gasteiger partial charge in [-0.3, -0.25) is 0 Å². The maximum atomic E-state index is 13.7. The van der Waals surface area contributed by atoms with Gasteiger partial charge in [0.1, 0.15) is 5.82 Å². The molecule has 0 bridgehead atoms. The Labute approximate surface area is 103 Å². The summed E-state index contributed by atoms with van der Waals surface area (Å²) in [5.41, 5.74) is 9.29. The molecule has 0 radical (unpaired) electrons. The summed E-state index contributed by atoms with van der Waals surface area (Å²) in [6, 6.07) is 3.74. The van der Waals surface area contributed by atoms with Gasteiger partial charge in [0.25, 0.3) is 0 Å². The van der Waals surface area contributed by atoms with Crippen LogP contribution in [0.1, 0.15) is 49.3 Å². The maximum absolute atomic E-state index is 13.7. The topological polar surface area (TPSA) is 26.0 Å². The van der Waals surface area contributed by atoms with E-state index in [0.717, 1.165) is 30.4 Å². The SMILES string of the molecule is CCc1cc(C2(CN)CCCC2)c(C)cc1F. The molecule has 0 saturated heterocycles. The Kier molecular flexibility index (Phi) is 3.53. The average Bonchev–Trinajstić information content (AvgIpc) is 2.79. The number of aryl methyl sites for hydroxylation is 2. The molecule has 1 aliphatic carbocycles. The molecule has 2 rings (SSSR count). The highest BCUT2D eigenvalue weighted by atomic mass is 19.1. The molecule has 0 amide bonds. The molecule has 0 aromatic heterocycles. The zero-order chi connectivity index (χ0) is 12.5. The lowest BCUT2D eigenvalue weighted by atomic mass is 9.76. The lowest BCUT2D eigenvalue weighted by Crippen LogP contribution is -2.33. The van der Waals surface area contributed by atoms with Crippen LogP contribution in [-0.2, 0) is 11.8 Å². The molecule has 0 spiro atoms. The zero-order valence-electron chi connectivity index (χ0n) is 10.9. The van der Waals surface area contributed by atoms with E-state index < -0.39 is 0 Å². The third-order valence-corrected chi connectivity index (χ3v) is 4.30. The van der Waals surface area contributed by atoms with Crippen LogP contribution in [0.2, 0.25) is 0 Å². The van der Waals surface area contributed by atoms with E-state index in [9.17, 15) is 4.39 Å². The minimum atomic E-state index is -0.0704. The number of benzene rings is 1. The molecule has 2 heteroatoms. The van der Waals surface area contributed by atoms with Crippen molar-refractivity contribution in [1.29, 1.82) is 0 Å². The molecule has 1 saturated carbocycles. The van der Waals surface area contributed by atoms with E-state index in [0.29, 0.717) is 6.54 Å². The van der Waals surface area contributed by atoms with Gasteiger partial charge < -0.3 is 5.73 Å². The summed E-state index contributed by atoms with van der Waals surface area (Å²) < 4.78 is 13.7. The molecule has 1 aliphatic rings. The first-order chi connectivity index (χ1) is 8.13. The highest BCUT2D eigenvalue weighted by Gasteiger charge is 2.35. The minimum absolute atomic E-state index is 0.0704. The molecule has 0 aliphatic heterocycles. The average molecular weight is 235 g/mol. The Balaban J connectivity index is 2.50.